The number of hydrogen-bond acceptors (Lipinski definition) is 5. The second-order valence-electron chi connectivity index (χ2n) is 5.44. The van der Waals surface area contributed by atoms with Gasteiger partial charge in [0.05, 0.1) is 17.7 Å². The molecule has 0 saturated carbocycles. The number of aromatic nitrogens is 1. The van der Waals surface area contributed by atoms with Gasteiger partial charge in [0.2, 0.25) is 0 Å². The van der Waals surface area contributed by atoms with E-state index in [0.29, 0.717) is 13.2 Å². The molecule has 1 aliphatic heterocycles. The van der Waals surface area contributed by atoms with E-state index in [9.17, 15) is 0 Å². The van der Waals surface area contributed by atoms with Crippen LogP contribution in [0.2, 0.25) is 0 Å². The lowest BCUT2D eigenvalue weighted by Crippen LogP contribution is -2.52. The van der Waals surface area contributed by atoms with E-state index in [0.717, 1.165) is 37.9 Å². The molecule has 3 heterocycles. The summed E-state index contributed by atoms with van der Waals surface area (Å²) in [6.07, 6.45) is 3.46. The van der Waals surface area contributed by atoms with E-state index in [-0.39, 0.29) is 0 Å². The largest absolute Gasteiger partial charge is 0.490 e. The van der Waals surface area contributed by atoms with Gasteiger partial charge in [-0.2, -0.15) is 0 Å². The molecule has 128 valence electrons. The van der Waals surface area contributed by atoms with Crippen molar-refractivity contribution in [3.63, 3.8) is 0 Å². The zero-order valence-corrected chi connectivity index (χ0v) is 14.7. The number of nitrogens with zero attached hydrogens (tertiary/aromatic N) is 4. The summed E-state index contributed by atoms with van der Waals surface area (Å²) in [5, 5.41) is 6.85. The Balaban J connectivity index is 1.40. The number of guanidine groups is 1. The van der Waals surface area contributed by atoms with Gasteiger partial charge in [-0.25, -0.2) is 0 Å². The van der Waals surface area contributed by atoms with Gasteiger partial charge in [-0.1, -0.05) is 0 Å². The molecule has 3 rings (SSSR count). The van der Waals surface area contributed by atoms with E-state index in [1.54, 1.807) is 23.7 Å². The first kappa shape index (κ1) is 16.6. The highest BCUT2D eigenvalue weighted by atomic mass is 32.1. The van der Waals surface area contributed by atoms with Gasteiger partial charge in [-0.3, -0.25) is 9.98 Å². The van der Waals surface area contributed by atoms with Crippen molar-refractivity contribution in [2.24, 2.45) is 4.99 Å². The minimum Gasteiger partial charge on any atom is -0.490 e. The van der Waals surface area contributed by atoms with Gasteiger partial charge in [0.25, 0.3) is 0 Å². The molecule has 1 fully saturated rings. The lowest BCUT2D eigenvalue weighted by molar-refractivity contribution is 0.314. The summed E-state index contributed by atoms with van der Waals surface area (Å²) in [7, 11) is 1.83. The van der Waals surface area contributed by atoms with Crippen LogP contribution in [0.4, 0.5) is 5.00 Å². The van der Waals surface area contributed by atoms with Crippen molar-refractivity contribution in [2.75, 3.05) is 51.3 Å². The van der Waals surface area contributed by atoms with Gasteiger partial charge in [0.1, 0.15) is 12.4 Å². The Morgan fingerprint density at radius 1 is 1.29 bits per heavy atom. The second kappa shape index (κ2) is 8.54. The molecule has 0 amide bonds. The van der Waals surface area contributed by atoms with Crippen molar-refractivity contribution in [1.29, 1.82) is 0 Å². The Hall–Kier alpha value is -2.28. The number of rotatable bonds is 5. The van der Waals surface area contributed by atoms with Gasteiger partial charge in [0, 0.05) is 39.4 Å². The minimum absolute atomic E-state index is 0.583. The highest BCUT2D eigenvalue weighted by molar-refractivity contribution is 7.14. The summed E-state index contributed by atoms with van der Waals surface area (Å²) < 4.78 is 5.65. The quantitative estimate of drug-likeness (QED) is 0.510. The fourth-order valence-electron chi connectivity index (χ4n) is 2.68. The number of piperazine rings is 1. The standard InChI is InChI=1S/C17H23N5OS/c1-18-17(20-7-12-23-15-4-2-6-19-14-15)22-10-8-21(9-11-22)16-5-3-13-24-16/h2-6,13-14H,7-12H2,1H3,(H,18,20). The first-order chi connectivity index (χ1) is 11.9. The molecule has 0 aliphatic carbocycles. The molecule has 2 aromatic rings. The van der Waals surface area contributed by atoms with Crippen LogP contribution in [-0.4, -0.2) is 62.2 Å². The highest BCUT2D eigenvalue weighted by Gasteiger charge is 2.20. The number of hydrogen-bond donors (Lipinski definition) is 1. The van der Waals surface area contributed by atoms with Crippen molar-refractivity contribution in [3.8, 4) is 5.75 Å². The Morgan fingerprint density at radius 2 is 2.17 bits per heavy atom. The first-order valence-corrected chi connectivity index (χ1v) is 9.01. The van der Waals surface area contributed by atoms with Crippen LogP contribution < -0.4 is 15.0 Å². The molecular formula is C17H23N5OS. The highest BCUT2D eigenvalue weighted by Crippen LogP contribution is 2.22. The van der Waals surface area contributed by atoms with E-state index >= 15 is 0 Å². The topological polar surface area (TPSA) is 53.0 Å². The van der Waals surface area contributed by atoms with Crippen LogP contribution in [0.25, 0.3) is 0 Å². The molecule has 7 heteroatoms. The van der Waals surface area contributed by atoms with Crippen LogP contribution in [0.5, 0.6) is 5.75 Å². The van der Waals surface area contributed by atoms with Gasteiger partial charge >= 0.3 is 0 Å². The summed E-state index contributed by atoms with van der Waals surface area (Å²) in [5.74, 6) is 1.73. The van der Waals surface area contributed by atoms with Crippen LogP contribution in [0.15, 0.2) is 47.0 Å². The van der Waals surface area contributed by atoms with Crippen molar-refractivity contribution < 1.29 is 4.74 Å². The van der Waals surface area contributed by atoms with Crippen LogP contribution in [0.3, 0.4) is 0 Å². The molecule has 1 N–H and O–H groups in total. The Kier molecular flexibility index (Phi) is 5.90. The van der Waals surface area contributed by atoms with Gasteiger partial charge < -0.3 is 19.9 Å². The van der Waals surface area contributed by atoms with Crippen LogP contribution in [0.1, 0.15) is 0 Å². The summed E-state index contributed by atoms with van der Waals surface area (Å²) in [4.78, 5) is 13.2. The molecule has 0 unspecified atom stereocenters. The first-order valence-electron chi connectivity index (χ1n) is 8.13. The van der Waals surface area contributed by atoms with Crippen LogP contribution in [-0.2, 0) is 0 Å². The monoisotopic (exact) mass is 345 g/mol. The van der Waals surface area contributed by atoms with Crippen LogP contribution in [0, 0.1) is 0 Å². The summed E-state index contributed by atoms with van der Waals surface area (Å²) in [6.45, 7) is 5.29. The molecular weight excluding hydrogens is 322 g/mol. The zero-order chi connectivity index (χ0) is 16.6. The molecule has 2 aromatic heterocycles. The van der Waals surface area contributed by atoms with E-state index < -0.39 is 0 Å². The van der Waals surface area contributed by atoms with E-state index in [4.69, 9.17) is 4.74 Å². The Morgan fingerprint density at radius 3 is 2.83 bits per heavy atom. The van der Waals surface area contributed by atoms with Crippen molar-refractivity contribution in [1.82, 2.24) is 15.2 Å². The summed E-state index contributed by atoms with van der Waals surface area (Å²) in [6, 6.07) is 8.07. The van der Waals surface area contributed by atoms with E-state index in [1.165, 1.54) is 5.00 Å². The normalized spacial score (nSPS) is 15.5. The van der Waals surface area contributed by atoms with Gasteiger partial charge in [-0.15, -0.1) is 11.3 Å². The van der Waals surface area contributed by atoms with Crippen LogP contribution >= 0.6 is 11.3 Å². The minimum atomic E-state index is 0.583. The average Bonchev–Trinajstić information content (AvgIpc) is 3.18. The molecule has 0 spiro atoms. The second-order valence-corrected chi connectivity index (χ2v) is 6.36. The zero-order valence-electron chi connectivity index (χ0n) is 13.9. The predicted octanol–water partition coefficient (Wildman–Crippen LogP) is 1.92. The Labute approximate surface area is 146 Å². The number of anilines is 1. The van der Waals surface area contributed by atoms with Crippen molar-refractivity contribution >= 4 is 22.3 Å². The van der Waals surface area contributed by atoms with E-state index in [2.05, 4.69) is 42.6 Å². The number of aliphatic imine (C=N–C) groups is 1. The molecule has 0 aromatic carbocycles. The number of nitrogens with one attached hydrogen (secondary N) is 1. The third-order valence-electron chi connectivity index (χ3n) is 3.90. The maximum atomic E-state index is 5.65. The third-order valence-corrected chi connectivity index (χ3v) is 4.83. The molecule has 6 nitrogen and oxygen atoms in total. The maximum absolute atomic E-state index is 5.65. The predicted molar refractivity (Wildman–Crippen MR) is 99.2 cm³/mol. The molecule has 1 saturated heterocycles. The fraction of sp³-hybridized carbons (Fsp3) is 0.412. The lowest BCUT2D eigenvalue weighted by atomic mass is 10.3. The van der Waals surface area contributed by atoms with E-state index in [1.807, 2.05) is 19.2 Å². The van der Waals surface area contributed by atoms with Gasteiger partial charge in [0.15, 0.2) is 5.96 Å². The number of ether oxygens (including phenoxy) is 1. The lowest BCUT2D eigenvalue weighted by Gasteiger charge is -2.37. The summed E-state index contributed by atoms with van der Waals surface area (Å²) in [5.41, 5.74) is 0. The summed E-state index contributed by atoms with van der Waals surface area (Å²) >= 11 is 1.80. The molecule has 0 atom stereocenters. The molecule has 24 heavy (non-hydrogen) atoms. The van der Waals surface area contributed by atoms with Crippen molar-refractivity contribution in [3.05, 3.63) is 42.0 Å². The number of thiophene rings is 1. The smallest absolute Gasteiger partial charge is 0.193 e. The Bertz CT molecular complexity index is 624. The third kappa shape index (κ3) is 4.38. The average molecular weight is 345 g/mol. The number of pyridine rings is 1. The molecule has 0 radical (unpaired) electrons. The molecule has 1 aliphatic rings. The molecule has 0 bridgehead atoms. The maximum Gasteiger partial charge on any atom is 0.193 e. The fourth-order valence-corrected chi connectivity index (χ4v) is 3.47. The van der Waals surface area contributed by atoms with Crippen molar-refractivity contribution in [2.45, 2.75) is 0 Å². The van der Waals surface area contributed by atoms with Gasteiger partial charge in [-0.05, 0) is 29.6 Å². The SMILES string of the molecule is CN=C(NCCOc1cccnc1)N1CCN(c2cccs2)CC1.